The van der Waals surface area contributed by atoms with E-state index in [-0.39, 0.29) is 37.2 Å². The molecule has 1 unspecified atom stereocenters. The molecule has 1 saturated heterocycles. The third-order valence-corrected chi connectivity index (χ3v) is 4.40. The number of halogens is 1. The van der Waals surface area contributed by atoms with Crippen molar-refractivity contribution >= 4 is 29.3 Å². The van der Waals surface area contributed by atoms with Crippen molar-refractivity contribution in [2.24, 2.45) is 0 Å². The quantitative estimate of drug-likeness (QED) is 0.686. The highest BCUT2D eigenvalue weighted by atomic mass is 35.5. The van der Waals surface area contributed by atoms with Crippen molar-refractivity contribution in [1.29, 1.82) is 0 Å². The van der Waals surface area contributed by atoms with Gasteiger partial charge in [-0.25, -0.2) is 0 Å². The summed E-state index contributed by atoms with van der Waals surface area (Å²) in [7, 11) is 1.70. The molecule has 0 aromatic heterocycles. The second-order valence-corrected chi connectivity index (χ2v) is 6.79. The highest BCUT2D eigenvalue weighted by molar-refractivity contribution is 6.30. The lowest BCUT2D eigenvalue weighted by atomic mass is 10.1. The lowest BCUT2D eigenvalue weighted by molar-refractivity contribution is -0.142. The van der Waals surface area contributed by atoms with Crippen LogP contribution in [-0.2, 0) is 14.3 Å². The first-order chi connectivity index (χ1) is 12.3. The summed E-state index contributed by atoms with van der Waals surface area (Å²) in [5.74, 6) is -1.10. The van der Waals surface area contributed by atoms with Crippen molar-refractivity contribution in [2.45, 2.75) is 18.9 Å². The summed E-state index contributed by atoms with van der Waals surface area (Å²) in [4.78, 5) is 38.6. The maximum absolute atomic E-state index is 12.4. The number of carboxylic acid groups (broad SMARTS) is 1. The van der Waals surface area contributed by atoms with Crippen LogP contribution < -0.4 is 0 Å². The molecule has 1 aromatic rings. The number of likely N-dealkylation sites (N-methyl/N-ethyl adjacent to an activating group) is 1. The Morgan fingerprint density at radius 3 is 2.62 bits per heavy atom. The van der Waals surface area contributed by atoms with Gasteiger partial charge >= 0.3 is 5.97 Å². The minimum atomic E-state index is -0.906. The number of carboxylic acids is 1. The van der Waals surface area contributed by atoms with Gasteiger partial charge in [0.05, 0.1) is 19.3 Å². The van der Waals surface area contributed by atoms with Gasteiger partial charge in [0.15, 0.2) is 5.78 Å². The number of benzene rings is 1. The fourth-order valence-electron chi connectivity index (χ4n) is 2.86. The number of carbonyl (C=O) groups is 3. The van der Waals surface area contributed by atoms with Crippen LogP contribution in [0.4, 0.5) is 0 Å². The van der Waals surface area contributed by atoms with Crippen LogP contribution >= 0.6 is 11.6 Å². The zero-order chi connectivity index (χ0) is 19.1. The molecule has 8 heteroatoms. The molecule has 1 N–H and O–H groups in total. The zero-order valence-electron chi connectivity index (χ0n) is 14.7. The smallest absolute Gasteiger partial charge is 0.317 e. The summed E-state index contributed by atoms with van der Waals surface area (Å²) < 4.78 is 5.61. The molecule has 1 aromatic carbocycles. The Morgan fingerprint density at radius 2 is 1.96 bits per heavy atom. The van der Waals surface area contributed by atoms with Crippen LogP contribution in [0.3, 0.4) is 0 Å². The molecule has 0 radical (unpaired) electrons. The van der Waals surface area contributed by atoms with Gasteiger partial charge in [0.1, 0.15) is 0 Å². The number of amides is 1. The van der Waals surface area contributed by atoms with E-state index in [2.05, 4.69) is 0 Å². The normalized spacial score (nSPS) is 17.3. The second-order valence-electron chi connectivity index (χ2n) is 6.35. The highest BCUT2D eigenvalue weighted by Gasteiger charge is 2.25. The number of morpholine rings is 1. The van der Waals surface area contributed by atoms with Crippen molar-refractivity contribution in [2.75, 3.05) is 39.8 Å². The summed E-state index contributed by atoms with van der Waals surface area (Å²) in [5, 5.41) is 9.36. The number of hydrogen-bond donors (Lipinski definition) is 1. The van der Waals surface area contributed by atoms with Crippen LogP contribution in [0, 0.1) is 0 Å². The van der Waals surface area contributed by atoms with Gasteiger partial charge in [-0.3, -0.25) is 19.3 Å². The van der Waals surface area contributed by atoms with E-state index in [0.29, 0.717) is 36.8 Å². The van der Waals surface area contributed by atoms with Gasteiger partial charge in [0.2, 0.25) is 5.91 Å². The number of ether oxygens (including phenoxy) is 1. The monoisotopic (exact) mass is 382 g/mol. The lowest BCUT2D eigenvalue weighted by Gasteiger charge is -2.34. The van der Waals surface area contributed by atoms with Gasteiger partial charge in [0, 0.05) is 43.1 Å². The molecule has 1 amide bonds. The van der Waals surface area contributed by atoms with Crippen LogP contribution in [0.5, 0.6) is 0 Å². The highest BCUT2D eigenvalue weighted by Crippen LogP contribution is 2.14. The number of rotatable bonds is 8. The van der Waals surface area contributed by atoms with E-state index >= 15 is 0 Å². The molecule has 2 rings (SSSR count). The summed E-state index contributed by atoms with van der Waals surface area (Å²) in [5.41, 5.74) is 0.539. The number of hydrogen-bond acceptors (Lipinski definition) is 5. The molecule has 142 valence electrons. The van der Waals surface area contributed by atoms with Crippen LogP contribution in [0.1, 0.15) is 23.2 Å². The van der Waals surface area contributed by atoms with Gasteiger partial charge in [-0.05, 0) is 31.3 Å². The molecular weight excluding hydrogens is 360 g/mol. The lowest BCUT2D eigenvalue weighted by Crippen LogP contribution is -2.49. The molecule has 1 aliphatic rings. The Labute approximate surface area is 157 Å². The zero-order valence-corrected chi connectivity index (χ0v) is 15.4. The van der Waals surface area contributed by atoms with Crippen LogP contribution in [0.2, 0.25) is 5.02 Å². The van der Waals surface area contributed by atoms with Crippen molar-refractivity contribution in [3.05, 3.63) is 34.9 Å². The molecule has 1 aliphatic heterocycles. The Hall–Kier alpha value is -1.96. The largest absolute Gasteiger partial charge is 0.480 e. The SMILES string of the molecule is CN(CC(=O)O)CC1CN(C(=O)CCC(=O)c2ccc(Cl)cc2)CCO1. The van der Waals surface area contributed by atoms with E-state index in [0.717, 1.165) is 0 Å². The first kappa shape index (κ1) is 20.4. The van der Waals surface area contributed by atoms with Gasteiger partial charge < -0.3 is 14.7 Å². The summed E-state index contributed by atoms with van der Waals surface area (Å²) in [6, 6.07) is 6.60. The topological polar surface area (TPSA) is 87.2 Å². The standard InChI is InChI=1S/C18H23ClN2O5/c1-20(12-18(24)25)10-15-11-21(8-9-26-15)17(23)7-6-16(22)13-2-4-14(19)5-3-13/h2-5,15H,6-12H2,1H3,(H,24,25). The Kier molecular flexibility index (Phi) is 7.56. The predicted octanol–water partition coefficient (Wildman–Crippen LogP) is 1.55. The molecule has 0 saturated carbocycles. The fourth-order valence-corrected chi connectivity index (χ4v) is 2.98. The maximum atomic E-state index is 12.4. The fraction of sp³-hybridized carbons (Fsp3) is 0.500. The Morgan fingerprint density at radius 1 is 1.27 bits per heavy atom. The number of ketones is 1. The van der Waals surface area contributed by atoms with Crippen molar-refractivity contribution in [3.8, 4) is 0 Å². The van der Waals surface area contributed by atoms with Crippen LogP contribution in [-0.4, -0.2) is 78.5 Å². The summed E-state index contributed by atoms with van der Waals surface area (Å²) in [6.45, 7) is 1.64. The predicted molar refractivity (Wildman–Crippen MR) is 96.5 cm³/mol. The minimum absolute atomic E-state index is 0.0800. The van der Waals surface area contributed by atoms with Crippen LogP contribution in [0.15, 0.2) is 24.3 Å². The van der Waals surface area contributed by atoms with Gasteiger partial charge in [-0.1, -0.05) is 11.6 Å². The molecule has 0 aliphatic carbocycles. The van der Waals surface area contributed by atoms with Gasteiger partial charge in [-0.15, -0.1) is 0 Å². The van der Waals surface area contributed by atoms with Crippen molar-refractivity contribution in [3.63, 3.8) is 0 Å². The van der Waals surface area contributed by atoms with Gasteiger partial charge in [-0.2, -0.15) is 0 Å². The molecule has 1 heterocycles. The molecule has 0 bridgehead atoms. The van der Waals surface area contributed by atoms with E-state index in [4.69, 9.17) is 21.4 Å². The summed E-state index contributed by atoms with van der Waals surface area (Å²) >= 11 is 5.80. The van der Waals surface area contributed by atoms with E-state index < -0.39 is 5.97 Å². The van der Waals surface area contributed by atoms with Crippen molar-refractivity contribution < 1.29 is 24.2 Å². The molecule has 0 spiro atoms. The maximum Gasteiger partial charge on any atom is 0.317 e. The van der Waals surface area contributed by atoms with E-state index in [1.165, 1.54) is 0 Å². The number of nitrogens with zero attached hydrogens (tertiary/aromatic N) is 2. The number of Topliss-reactive ketones (excluding diaryl/α,β-unsaturated/α-hetero) is 1. The Balaban J connectivity index is 1.80. The molecule has 7 nitrogen and oxygen atoms in total. The number of carbonyl (C=O) groups excluding carboxylic acids is 2. The average molecular weight is 383 g/mol. The van der Waals surface area contributed by atoms with Crippen molar-refractivity contribution in [1.82, 2.24) is 9.80 Å². The average Bonchev–Trinajstić information content (AvgIpc) is 2.59. The minimum Gasteiger partial charge on any atom is -0.480 e. The van der Waals surface area contributed by atoms with E-state index in [1.54, 1.807) is 41.1 Å². The molecule has 1 fully saturated rings. The molecular formula is C18H23ClN2O5. The van der Waals surface area contributed by atoms with E-state index in [1.807, 2.05) is 0 Å². The second kappa shape index (κ2) is 9.66. The Bertz CT molecular complexity index is 649. The number of aliphatic carboxylic acids is 1. The third kappa shape index (κ3) is 6.40. The van der Waals surface area contributed by atoms with Gasteiger partial charge in [0.25, 0.3) is 0 Å². The molecule has 1 atom stereocenters. The van der Waals surface area contributed by atoms with Crippen LogP contribution in [0.25, 0.3) is 0 Å². The first-order valence-corrected chi connectivity index (χ1v) is 8.81. The third-order valence-electron chi connectivity index (χ3n) is 4.14. The molecule has 26 heavy (non-hydrogen) atoms. The summed E-state index contributed by atoms with van der Waals surface area (Å²) in [6.07, 6.45) is 0.0459. The first-order valence-electron chi connectivity index (χ1n) is 8.43. The van der Waals surface area contributed by atoms with E-state index in [9.17, 15) is 14.4 Å².